The molecule has 2 rings (SSSR count). The number of carboxylic acids is 1. The number of nitrogens with zero attached hydrogens (tertiary/aromatic N) is 2. The van der Waals surface area contributed by atoms with E-state index in [4.69, 9.17) is 5.11 Å². The largest absolute Gasteiger partial charge is 0.481 e. The fraction of sp³-hybridized carbons (Fsp3) is 0.231. The Balaban J connectivity index is 2.23. The molecular formula is C13H14N2O2. The maximum Gasteiger partial charge on any atom is 0.303 e. The Morgan fingerprint density at radius 2 is 2.29 bits per heavy atom. The van der Waals surface area contributed by atoms with E-state index in [0.29, 0.717) is 6.42 Å². The van der Waals surface area contributed by atoms with Gasteiger partial charge in [-0.05, 0) is 31.0 Å². The summed E-state index contributed by atoms with van der Waals surface area (Å²) in [5.41, 5.74) is 3.10. The Bertz CT molecular complexity index is 532. The maximum absolute atomic E-state index is 10.5. The fourth-order valence-corrected chi connectivity index (χ4v) is 1.74. The van der Waals surface area contributed by atoms with Crippen LogP contribution in [0.4, 0.5) is 0 Å². The molecule has 1 heterocycles. The van der Waals surface area contributed by atoms with Crippen LogP contribution in [-0.4, -0.2) is 20.6 Å². The van der Waals surface area contributed by atoms with E-state index in [9.17, 15) is 4.79 Å². The zero-order valence-corrected chi connectivity index (χ0v) is 9.63. The summed E-state index contributed by atoms with van der Waals surface area (Å²) in [6.45, 7) is 1.98. The maximum atomic E-state index is 10.5. The van der Waals surface area contributed by atoms with Gasteiger partial charge in [0.1, 0.15) is 0 Å². The minimum Gasteiger partial charge on any atom is -0.481 e. The van der Waals surface area contributed by atoms with Gasteiger partial charge in [0, 0.05) is 24.0 Å². The number of hydrogen-bond donors (Lipinski definition) is 1. The van der Waals surface area contributed by atoms with Crippen molar-refractivity contribution in [3.05, 3.63) is 48.0 Å². The van der Waals surface area contributed by atoms with Gasteiger partial charge >= 0.3 is 5.97 Å². The first kappa shape index (κ1) is 11.4. The van der Waals surface area contributed by atoms with Crippen LogP contribution in [0.15, 0.2) is 36.8 Å². The van der Waals surface area contributed by atoms with Crippen LogP contribution in [0.5, 0.6) is 0 Å². The number of rotatable bonds is 4. The Kier molecular flexibility index (Phi) is 3.23. The van der Waals surface area contributed by atoms with Gasteiger partial charge in [-0.3, -0.25) is 4.79 Å². The van der Waals surface area contributed by atoms with Crippen molar-refractivity contribution >= 4 is 5.97 Å². The molecule has 0 aliphatic rings. The van der Waals surface area contributed by atoms with Crippen LogP contribution >= 0.6 is 0 Å². The molecule has 0 radical (unpaired) electrons. The fourth-order valence-electron chi connectivity index (χ4n) is 1.74. The van der Waals surface area contributed by atoms with Crippen molar-refractivity contribution in [3.63, 3.8) is 0 Å². The van der Waals surface area contributed by atoms with Gasteiger partial charge in [-0.15, -0.1) is 0 Å². The summed E-state index contributed by atoms with van der Waals surface area (Å²) >= 11 is 0. The lowest BCUT2D eigenvalue weighted by atomic mass is 10.1. The van der Waals surface area contributed by atoms with Crippen molar-refractivity contribution in [2.45, 2.75) is 19.8 Å². The van der Waals surface area contributed by atoms with Gasteiger partial charge in [-0.1, -0.05) is 12.1 Å². The van der Waals surface area contributed by atoms with Crippen molar-refractivity contribution in [2.24, 2.45) is 0 Å². The highest BCUT2D eigenvalue weighted by atomic mass is 16.4. The number of hydrogen-bond acceptors (Lipinski definition) is 2. The average molecular weight is 230 g/mol. The summed E-state index contributed by atoms with van der Waals surface area (Å²) in [7, 11) is 0. The van der Waals surface area contributed by atoms with Gasteiger partial charge in [0.05, 0.1) is 6.33 Å². The summed E-state index contributed by atoms with van der Waals surface area (Å²) in [6.07, 6.45) is 4.26. The van der Waals surface area contributed by atoms with Gasteiger partial charge in [-0.2, -0.15) is 0 Å². The standard InChI is InChI=1S/C13H14N2O2/c1-10-8-14-9-15(10)12-4-2-3-11(7-12)5-6-13(16)17/h2-4,7-9H,5-6H2,1H3,(H,16,17). The van der Waals surface area contributed by atoms with E-state index >= 15 is 0 Å². The zero-order chi connectivity index (χ0) is 12.3. The molecule has 0 bridgehead atoms. The minimum atomic E-state index is -0.769. The van der Waals surface area contributed by atoms with Gasteiger partial charge in [0.25, 0.3) is 0 Å². The first-order valence-corrected chi connectivity index (χ1v) is 5.47. The second-order valence-corrected chi connectivity index (χ2v) is 3.97. The molecule has 0 spiro atoms. The summed E-state index contributed by atoms with van der Waals surface area (Å²) in [6, 6.07) is 7.86. The highest BCUT2D eigenvalue weighted by Gasteiger charge is 2.03. The lowest BCUT2D eigenvalue weighted by molar-refractivity contribution is -0.136. The van der Waals surface area contributed by atoms with Crippen molar-refractivity contribution in [1.29, 1.82) is 0 Å². The van der Waals surface area contributed by atoms with Crippen LogP contribution < -0.4 is 0 Å². The van der Waals surface area contributed by atoms with Crippen molar-refractivity contribution in [3.8, 4) is 5.69 Å². The molecule has 4 heteroatoms. The molecule has 0 saturated carbocycles. The second kappa shape index (κ2) is 4.82. The summed E-state index contributed by atoms with van der Waals surface area (Å²) < 4.78 is 1.98. The Morgan fingerprint density at radius 1 is 1.47 bits per heavy atom. The van der Waals surface area contributed by atoms with Gasteiger partial charge in [-0.25, -0.2) is 4.98 Å². The number of aliphatic carboxylic acids is 1. The van der Waals surface area contributed by atoms with Crippen molar-refractivity contribution < 1.29 is 9.90 Å². The number of benzene rings is 1. The van der Waals surface area contributed by atoms with Crippen molar-refractivity contribution in [2.75, 3.05) is 0 Å². The number of aryl methyl sites for hydroxylation is 2. The Labute approximate surface area is 99.5 Å². The van der Waals surface area contributed by atoms with E-state index < -0.39 is 5.97 Å². The van der Waals surface area contributed by atoms with E-state index in [-0.39, 0.29) is 6.42 Å². The Hall–Kier alpha value is -2.10. The van der Waals surface area contributed by atoms with Crippen LogP contribution in [0.2, 0.25) is 0 Å². The molecule has 0 aliphatic heterocycles. The van der Waals surface area contributed by atoms with Crippen LogP contribution in [0.25, 0.3) is 5.69 Å². The molecule has 0 aliphatic carbocycles. The second-order valence-electron chi connectivity index (χ2n) is 3.97. The van der Waals surface area contributed by atoms with Crippen LogP contribution in [-0.2, 0) is 11.2 Å². The molecule has 0 saturated heterocycles. The molecule has 0 fully saturated rings. The summed E-state index contributed by atoms with van der Waals surface area (Å²) in [4.78, 5) is 14.6. The van der Waals surface area contributed by atoms with E-state index in [2.05, 4.69) is 4.98 Å². The number of aromatic nitrogens is 2. The van der Waals surface area contributed by atoms with Crippen LogP contribution in [0.3, 0.4) is 0 Å². The summed E-state index contributed by atoms with van der Waals surface area (Å²) in [5, 5.41) is 8.66. The molecular weight excluding hydrogens is 216 g/mol. The van der Waals surface area contributed by atoms with Crippen LogP contribution in [0.1, 0.15) is 17.7 Å². The predicted molar refractivity (Wildman–Crippen MR) is 64.3 cm³/mol. The quantitative estimate of drug-likeness (QED) is 0.876. The molecule has 0 amide bonds. The first-order chi connectivity index (χ1) is 8.16. The lowest BCUT2D eigenvalue weighted by Gasteiger charge is -2.07. The number of carbonyl (C=O) groups is 1. The van der Waals surface area contributed by atoms with E-state index in [1.165, 1.54) is 0 Å². The van der Waals surface area contributed by atoms with E-state index in [1.807, 2.05) is 35.8 Å². The molecule has 2 aromatic rings. The van der Waals surface area contributed by atoms with Gasteiger partial charge < -0.3 is 9.67 Å². The third kappa shape index (κ3) is 2.72. The molecule has 1 N–H and O–H groups in total. The monoisotopic (exact) mass is 230 g/mol. The lowest BCUT2D eigenvalue weighted by Crippen LogP contribution is -1.99. The molecule has 0 atom stereocenters. The third-order valence-electron chi connectivity index (χ3n) is 2.64. The minimum absolute atomic E-state index is 0.159. The van der Waals surface area contributed by atoms with Gasteiger partial charge in [0.2, 0.25) is 0 Å². The van der Waals surface area contributed by atoms with E-state index in [0.717, 1.165) is 16.9 Å². The third-order valence-corrected chi connectivity index (χ3v) is 2.64. The number of imidazole rings is 1. The highest BCUT2D eigenvalue weighted by molar-refractivity contribution is 5.67. The molecule has 4 nitrogen and oxygen atoms in total. The average Bonchev–Trinajstić information content (AvgIpc) is 2.73. The molecule has 1 aromatic heterocycles. The molecule has 88 valence electrons. The highest BCUT2D eigenvalue weighted by Crippen LogP contribution is 2.14. The number of carboxylic acid groups (broad SMARTS) is 1. The molecule has 17 heavy (non-hydrogen) atoms. The molecule has 0 unspecified atom stereocenters. The van der Waals surface area contributed by atoms with E-state index in [1.54, 1.807) is 12.5 Å². The summed E-state index contributed by atoms with van der Waals surface area (Å²) in [5.74, 6) is -0.769. The van der Waals surface area contributed by atoms with Crippen LogP contribution in [0, 0.1) is 6.92 Å². The Morgan fingerprint density at radius 3 is 2.94 bits per heavy atom. The predicted octanol–water partition coefficient (Wildman–Crippen LogP) is 2.20. The topological polar surface area (TPSA) is 55.1 Å². The van der Waals surface area contributed by atoms with Crippen molar-refractivity contribution in [1.82, 2.24) is 9.55 Å². The van der Waals surface area contributed by atoms with Gasteiger partial charge in [0.15, 0.2) is 0 Å². The SMILES string of the molecule is Cc1cncn1-c1cccc(CCC(=O)O)c1. The smallest absolute Gasteiger partial charge is 0.303 e. The normalized spacial score (nSPS) is 10.4. The first-order valence-electron chi connectivity index (χ1n) is 5.47. The molecule has 1 aromatic carbocycles. The zero-order valence-electron chi connectivity index (χ0n) is 9.63.